The molecular formula is C12H12N2S. The normalized spacial score (nSPS) is 12.3. The summed E-state index contributed by atoms with van der Waals surface area (Å²) in [5.74, 6) is 0.802. The largest absolute Gasteiger partial charge is 0.237 e. The van der Waals surface area contributed by atoms with Crippen LogP contribution in [0.3, 0.4) is 0 Å². The van der Waals surface area contributed by atoms with Gasteiger partial charge in [0.15, 0.2) is 0 Å². The van der Waals surface area contributed by atoms with Crippen LogP contribution < -0.4 is 9.75 Å². The second kappa shape index (κ2) is 3.59. The molecule has 76 valence electrons. The van der Waals surface area contributed by atoms with Gasteiger partial charge >= 0.3 is 0 Å². The molecule has 2 nitrogen and oxygen atoms in total. The molecule has 0 aromatic carbocycles. The fraction of sp³-hybridized carbons (Fsp3) is 0.167. The van der Waals surface area contributed by atoms with Crippen LogP contribution in [0.1, 0.15) is 11.5 Å². The average molecular weight is 216 g/mol. The van der Waals surface area contributed by atoms with Crippen molar-refractivity contribution in [3.8, 4) is 0 Å². The Morgan fingerprint density at radius 3 is 2.67 bits per heavy atom. The van der Waals surface area contributed by atoms with Gasteiger partial charge in [0.05, 0.1) is 15.9 Å². The zero-order chi connectivity index (χ0) is 11.0. The first-order valence-electron chi connectivity index (χ1n) is 4.69. The summed E-state index contributed by atoms with van der Waals surface area (Å²) >= 11 is 1.64. The fourth-order valence-electron chi connectivity index (χ4n) is 1.61. The molecule has 2 rings (SSSR count). The summed E-state index contributed by atoms with van der Waals surface area (Å²) in [7, 11) is 0. The quantitative estimate of drug-likeness (QED) is 0.725. The molecule has 0 N–H and O–H groups in total. The number of thiophene rings is 1. The smallest absolute Gasteiger partial charge is 0.126 e. The van der Waals surface area contributed by atoms with E-state index in [0.717, 1.165) is 31.5 Å². The van der Waals surface area contributed by atoms with E-state index in [4.69, 9.17) is 0 Å². The molecule has 0 radical (unpaired) electrons. The Hall–Kier alpha value is -1.48. The lowest BCUT2D eigenvalue weighted by molar-refractivity contribution is 1.05. The number of hydrogen-bond acceptors (Lipinski definition) is 3. The molecule has 2 aromatic rings. The van der Waals surface area contributed by atoms with Gasteiger partial charge in [-0.15, -0.1) is 11.3 Å². The summed E-state index contributed by atoms with van der Waals surface area (Å²) in [6, 6.07) is 0. The van der Waals surface area contributed by atoms with Gasteiger partial charge in [-0.2, -0.15) is 0 Å². The Morgan fingerprint density at radius 2 is 2.00 bits per heavy atom. The molecule has 0 bridgehead atoms. The van der Waals surface area contributed by atoms with Gasteiger partial charge in [0.2, 0.25) is 0 Å². The van der Waals surface area contributed by atoms with Gasteiger partial charge in [0, 0.05) is 9.75 Å². The summed E-state index contributed by atoms with van der Waals surface area (Å²) in [6.45, 7) is 11.6. The van der Waals surface area contributed by atoms with E-state index in [1.165, 1.54) is 0 Å². The monoisotopic (exact) mass is 216 g/mol. The van der Waals surface area contributed by atoms with Gasteiger partial charge in [-0.1, -0.05) is 25.3 Å². The minimum Gasteiger partial charge on any atom is -0.237 e. The van der Waals surface area contributed by atoms with Crippen LogP contribution in [0.25, 0.3) is 22.9 Å². The van der Waals surface area contributed by atoms with Gasteiger partial charge in [0.25, 0.3) is 0 Å². The molecule has 0 atom stereocenters. The third-order valence-corrected chi connectivity index (χ3v) is 3.37. The van der Waals surface area contributed by atoms with E-state index in [2.05, 4.69) is 23.1 Å². The highest BCUT2D eigenvalue weighted by Crippen LogP contribution is 2.14. The standard InChI is InChI=1S/C12H12N2S/c1-5-6-10-8(3)15-12-7(2)13-9(4)14-11(10)12/h5-6H,1,3H2,2,4H3/b10-6+. The van der Waals surface area contributed by atoms with E-state index in [1.807, 2.05) is 19.9 Å². The first kappa shape index (κ1) is 10.1. The summed E-state index contributed by atoms with van der Waals surface area (Å²) in [5, 5.41) is 1.07. The molecule has 2 heterocycles. The van der Waals surface area contributed by atoms with Crippen LogP contribution in [-0.4, -0.2) is 9.97 Å². The van der Waals surface area contributed by atoms with Gasteiger partial charge < -0.3 is 0 Å². The first-order valence-corrected chi connectivity index (χ1v) is 5.50. The van der Waals surface area contributed by atoms with Crippen molar-refractivity contribution in [3.63, 3.8) is 0 Å². The first-order chi connectivity index (χ1) is 7.13. The molecular weight excluding hydrogens is 204 g/mol. The van der Waals surface area contributed by atoms with E-state index >= 15 is 0 Å². The topological polar surface area (TPSA) is 25.8 Å². The molecule has 0 aliphatic heterocycles. The van der Waals surface area contributed by atoms with Crippen molar-refractivity contribution in [2.75, 3.05) is 0 Å². The minimum absolute atomic E-state index is 0.802. The van der Waals surface area contributed by atoms with E-state index in [0.29, 0.717) is 0 Å². The molecule has 0 amide bonds. The van der Waals surface area contributed by atoms with E-state index in [-0.39, 0.29) is 0 Å². The molecule has 0 aliphatic rings. The summed E-state index contributed by atoms with van der Waals surface area (Å²) in [5.41, 5.74) is 2.02. The molecule has 0 saturated heterocycles. The van der Waals surface area contributed by atoms with Crippen molar-refractivity contribution in [1.29, 1.82) is 0 Å². The van der Waals surface area contributed by atoms with Gasteiger partial charge in [-0.3, -0.25) is 0 Å². The molecule has 0 fully saturated rings. The second-order valence-electron chi connectivity index (χ2n) is 3.38. The Kier molecular flexibility index (Phi) is 2.40. The van der Waals surface area contributed by atoms with E-state index in [9.17, 15) is 0 Å². The molecule has 0 aliphatic carbocycles. The van der Waals surface area contributed by atoms with Gasteiger partial charge in [-0.25, -0.2) is 9.97 Å². The van der Waals surface area contributed by atoms with Crippen LogP contribution in [0.15, 0.2) is 12.7 Å². The summed E-state index contributed by atoms with van der Waals surface area (Å²) in [6.07, 6.45) is 3.72. The summed E-state index contributed by atoms with van der Waals surface area (Å²) < 4.78 is 2.15. The summed E-state index contributed by atoms with van der Waals surface area (Å²) in [4.78, 5) is 8.80. The maximum absolute atomic E-state index is 4.46. The lowest BCUT2D eigenvalue weighted by Gasteiger charge is -1.96. The molecule has 0 saturated carbocycles. The van der Waals surface area contributed by atoms with Crippen molar-refractivity contribution in [2.24, 2.45) is 0 Å². The fourth-order valence-corrected chi connectivity index (χ4v) is 2.57. The zero-order valence-corrected chi connectivity index (χ0v) is 9.69. The highest BCUT2D eigenvalue weighted by molar-refractivity contribution is 7.17. The van der Waals surface area contributed by atoms with Crippen LogP contribution >= 0.6 is 11.3 Å². The predicted octanol–water partition coefficient (Wildman–Crippen LogP) is 1.68. The van der Waals surface area contributed by atoms with E-state index in [1.54, 1.807) is 17.4 Å². The number of aromatic nitrogens is 2. The van der Waals surface area contributed by atoms with Gasteiger partial charge in [0.1, 0.15) is 5.82 Å². The van der Waals surface area contributed by atoms with Crippen LogP contribution in [-0.2, 0) is 0 Å². The molecule has 0 unspecified atom stereocenters. The molecule has 3 heteroatoms. The maximum atomic E-state index is 4.46. The number of hydrogen-bond donors (Lipinski definition) is 0. The third kappa shape index (κ3) is 1.59. The lowest BCUT2D eigenvalue weighted by atomic mass is 10.3. The highest BCUT2D eigenvalue weighted by atomic mass is 32.1. The molecule has 0 spiro atoms. The lowest BCUT2D eigenvalue weighted by Crippen LogP contribution is -2.17. The SMILES string of the molecule is C=C/C=c1\c(=C)sc2c(C)nc(C)nc12. The van der Waals surface area contributed by atoms with Crippen molar-refractivity contribution in [2.45, 2.75) is 13.8 Å². The Labute approximate surface area is 92.3 Å². The van der Waals surface area contributed by atoms with Crippen LogP contribution in [0.5, 0.6) is 0 Å². The molecule has 15 heavy (non-hydrogen) atoms. The van der Waals surface area contributed by atoms with Gasteiger partial charge in [-0.05, 0) is 13.8 Å². The van der Waals surface area contributed by atoms with E-state index < -0.39 is 0 Å². The maximum Gasteiger partial charge on any atom is 0.126 e. The van der Waals surface area contributed by atoms with Crippen molar-refractivity contribution in [3.05, 3.63) is 33.9 Å². The van der Waals surface area contributed by atoms with Crippen molar-refractivity contribution < 1.29 is 0 Å². The van der Waals surface area contributed by atoms with Crippen molar-refractivity contribution in [1.82, 2.24) is 9.97 Å². The third-order valence-electron chi connectivity index (χ3n) is 2.21. The Morgan fingerprint density at radius 1 is 1.27 bits per heavy atom. The minimum atomic E-state index is 0.802. The van der Waals surface area contributed by atoms with Crippen LogP contribution in [0.2, 0.25) is 0 Å². The Balaban J connectivity index is 3.06. The van der Waals surface area contributed by atoms with Crippen LogP contribution in [0, 0.1) is 13.8 Å². The number of aryl methyl sites for hydroxylation is 2. The number of rotatable bonds is 1. The highest BCUT2D eigenvalue weighted by Gasteiger charge is 2.06. The zero-order valence-electron chi connectivity index (χ0n) is 8.87. The Bertz CT molecular complexity index is 638. The predicted molar refractivity (Wildman–Crippen MR) is 66.3 cm³/mol. The number of fused-ring (bicyclic) bond motifs is 1. The van der Waals surface area contributed by atoms with Crippen molar-refractivity contribution >= 4 is 34.2 Å². The second-order valence-corrected chi connectivity index (χ2v) is 4.48. The molecule has 2 aromatic heterocycles. The average Bonchev–Trinajstić information content (AvgIpc) is 2.46. The van der Waals surface area contributed by atoms with Crippen LogP contribution in [0.4, 0.5) is 0 Å². The number of nitrogens with zero attached hydrogens (tertiary/aromatic N) is 2. The number of allylic oxidation sites excluding steroid dienone is 1.